The molecule has 8 nitrogen and oxygen atoms in total. The van der Waals surface area contributed by atoms with Crippen LogP contribution < -0.4 is 0 Å². The predicted octanol–water partition coefficient (Wildman–Crippen LogP) is 2.44. The number of imidazole rings is 1. The first-order valence-corrected chi connectivity index (χ1v) is 8.79. The van der Waals surface area contributed by atoms with Gasteiger partial charge in [-0.3, -0.25) is 4.79 Å². The van der Waals surface area contributed by atoms with Gasteiger partial charge >= 0.3 is 0 Å². The van der Waals surface area contributed by atoms with Gasteiger partial charge in [0.2, 0.25) is 0 Å². The van der Waals surface area contributed by atoms with Crippen LogP contribution in [-0.4, -0.2) is 46.7 Å². The van der Waals surface area contributed by atoms with Gasteiger partial charge in [-0.05, 0) is 13.0 Å². The number of fused-ring (bicyclic) bond motifs is 1. The first-order valence-electron chi connectivity index (χ1n) is 8.03. The number of hydrogen-bond acceptors (Lipinski definition) is 5. The second-order valence-corrected chi connectivity index (χ2v) is 6.81. The lowest BCUT2D eigenvalue weighted by atomic mass is 10.1. The SMILES string of the molecule is CC1c2ncc(Cn3cncn3)n2CCN1C(=O)c1cnc(Cl)cc1Cl. The van der Waals surface area contributed by atoms with E-state index in [9.17, 15) is 4.79 Å². The molecule has 4 heterocycles. The van der Waals surface area contributed by atoms with Gasteiger partial charge in [-0.1, -0.05) is 23.2 Å². The summed E-state index contributed by atoms with van der Waals surface area (Å²) in [6.07, 6.45) is 6.40. The summed E-state index contributed by atoms with van der Waals surface area (Å²) in [7, 11) is 0. The molecule has 10 heteroatoms. The van der Waals surface area contributed by atoms with E-state index in [4.69, 9.17) is 23.2 Å². The van der Waals surface area contributed by atoms with Crippen LogP contribution in [0.3, 0.4) is 0 Å². The Balaban J connectivity index is 1.59. The summed E-state index contributed by atoms with van der Waals surface area (Å²) in [4.78, 5) is 27.1. The van der Waals surface area contributed by atoms with Crippen molar-refractivity contribution in [3.63, 3.8) is 0 Å². The van der Waals surface area contributed by atoms with Crippen LogP contribution >= 0.6 is 23.2 Å². The third-order valence-electron chi connectivity index (χ3n) is 4.48. The van der Waals surface area contributed by atoms with Crippen LogP contribution in [0.1, 0.15) is 34.8 Å². The lowest BCUT2D eigenvalue weighted by molar-refractivity contribution is 0.0636. The molecule has 1 unspecified atom stereocenters. The fourth-order valence-electron chi connectivity index (χ4n) is 3.16. The highest BCUT2D eigenvalue weighted by molar-refractivity contribution is 6.36. The Morgan fingerprint density at radius 1 is 1.27 bits per heavy atom. The summed E-state index contributed by atoms with van der Waals surface area (Å²) in [5.74, 6) is 0.650. The van der Waals surface area contributed by atoms with Crippen LogP contribution in [0.25, 0.3) is 0 Å². The number of halogens is 2. The molecule has 0 N–H and O–H groups in total. The number of amides is 1. The van der Waals surface area contributed by atoms with E-state index in [1.807, 2.05) is 13.1 Å². The third-order valence-corrected chi connectivity index (χ3v) is 5.00. The number of carbonyl (C=O) groups excluding carboxylic acids is 1. The molecule has 1 amide bonds. The molecule has 0 fully saturated rings. The molecule has 3 aromatic rings. The summed E-state index contributed by atoms with van der Waals surface area (Å²) in [6.45, 7) is 3.73. The fraction of sp³-hybridized carbons (Fsp3) is 0.312. The molecule has 3 aromatic heterocycles. The minimum Gasteiger partial charge on any atom is -0.327 e. The summed E-state index contributed by atoms with van der Waals surface area (Å²) < 4.78 is 3.86. The van der Waals surface area contributed by atoms with E-state index in [0.717, 1.165) is 11.5 Å². The molecule has 134 valence electrons. The Labute approximate surface area is 159 Å². The van der Waals surface area contributed by atoms with Gasteiger partial charge < -0.3 is 9.47 Å². The molecule has 0 saturated carbocycles. The smallest absolute Gasteiger partial charge is 0.257 e. The van der Waals surface area contributed by atoms with Gasteiger partial charge in [-0.2, -0.15) is 5.10 Å². The van der Waals surface area contributed by atoms with Crippen molar-refractivity contribution >= 4 is 29.1 Å². The second kappa shape index (κ2) is 6.69. The average Bonchev–Trinajstić information content (AvgIpc) is 3.26. The lowest BCUT2D eigenvalue weighted by Crippen LogP contribution is -2.41. The van der Waals surface area contributed by atoms with Crippen molar-refractivity contribution in [1.82, 2.24) is 34.2 Å². The predicted molar refractivity (Wildman–Crippen MR) is 95.1 cm³/mol. The number of hydrogen-bond donors (Lipinski definition) is 0. The Morgan fingerprint density at radius 3 is 2.85 bits per heavy atom. The van der Waals surface area contributed by atoms with Crippen LogP contribution in [0.4, 0.5) is 0 Å². The van der Waals surface area contributed by atoms with Crippen LogP contribution in [0.5, 0.6) is 0 Å². The zero-order valence-electron chi connectivity index (χ0n) is 13.9. The van der Waals surface area contributed by atoms with E-state index in [2.05, 4.69) is 24.6 Å². The number of rotatable bonds is 3. The normalized spacial score (nSPS) is 16.6. The largest absolute Gasteiger partial charge is 0.327 e. The van der Waals surface area contributed by atoms with Crippen LogP contribution in [-0.2, 0) is 13.1 Å². The van der Waals surface area contributed by atoms with E-state index in [-0.39, 0.29) is 17.1 Å². The Hall–Kier alpha value is -2.45. The summed E-state index contributed by atoms with van der Waals surface area (Å²) >= 11 is 12.0. The topological polar surface area (TPSA) is 81.7 Å². The van der Waals surface area contributed by atoms with Gasteiger partial charge in [0.05, 0.1) is 35.1 Å². The molecule has 1 atom stereocenters. The minimum atomic E-state index is -0.188. The molecule has 0 aliphatic carbocycles. The number of nitrogens with zero attached hydrogens (tertiary/aromatic N) is 7. The molecular weight excluding hydrogens is 377 g/mol. The number of carbonyl (C=O) groups is 1. The number of pyridine rings is 1. The van der Waals surface area contributed by atoms with E-state index in [1.165, 1.54) is 18.6 Å². The fourth-order valence-corrected chi connectivity index (χ4v) is 3.61. The lowest BCUT2D eigenvalue weighted by Gasteiger charge is -2.34. The second-order valence-electron chi connectivity index (χ2n) is 6.01. The van der Waals surface area contributed by atoms with Crippen molar-refractivity contribution in [2.24, 2.45) is 0 Å². The molecule has 1 aliphatic heterocycles. The summed E-state index contributed by atoms with van der Waals surface area (Å²) in [5, 5.41) is 4.68. The van der Waals surface area contributed by atoms with Gasteiger partial charge in [0.25, 0.3) is 5.91 Å². The molecule has 0 saturated heterocycles. The van der Waals surface area contributed by atoms with Crippen LogP contribution in [0.2, 0.25) is 10.2 Å². The molecule has 0 bridgehead atoms. The van der Waals surface area contributed by atoms with Crippen LogP contribution in [0, 0.1) is 0 Å². The maximum atomic E-state index is 12.9. The highest BCUT2D eigenvalue weighted by Gasteiger charge is 2.31. The van der Waals surface area contributed by atoms with Crippen molar-refractivity contribution in [3.8, 4) is 0 Å². The standard InChI is InChI=1S/C16H15Cl2N7O/c1-10-15-21-5-11(7-23-9-19-8-22-23)25(15)3-2-24(10)16(26)12-6-20-14(18)4-13(12)17/h4-6,8-10H,2-3,7H2,1H3. The zero-order valence-corrected chi connectivity index (χ0v) is 15.4. The summed E-state index contributed by atoms with van der Waals surface area (Å²) in [6, 6.07) is 1.29. The van der Waals surface area contributed by atoms with Crippen molar-refractivity contribution < 1.29 is 4.79 Å². The van der Waals surface area contributed by atoms with Crippen molar-refractivity contribution in [1.29, 1.82) is 0 Å². The Kier molecular flexibility index (Phi) is 4.37. The molecular formula is C16H15Cl2N7O. The maximum Gasteiger partial charge on any atom is 0.257 e. The highest BCUT2D eigenvalue weighted by Crippen LogP contribution is 2.29. The van der Waals surface area contributed by atoms with Crippen molar-refractivity contribution in [2.45, 2.75) is 26.1 Å². The first-order chi connectivity index (χ1) is 12.5. The van der Waals surface area contributed by atoms with E-state index in [1.54, 1.807) is 15.9 Å². The molecule has 26 heavy (non-hydrogen) atoms. The monoisotopic (exact) mass is 391 g/mol. The van der Waals surface area contributed by atoms with Gasteiger partial charge in [0, 0.05) is 19.3 Å². The quantitative estimate of drug-likeness (QED) is 0.640. The van der Waals surface area contributed by atoms with Gasteiger partial charge in [0.1, 0.15) is 23.6 Å². The van der Waals surface area contributed by atoms with Gasteiger partial charge in [-0.15, -0.1) is 0 Å². The van der Waals surface area contributed by atoms with Crippen molar-refractivity contribution in [2.75, 3.05) is 6.54 Å². The molecule has 0 radical (unpaired) electrons. The Morgan fingerprint density at radius 2 is 2.12 bits per heavy atom. The first kappa shape index (κ1) is 17.0. The highest BCUT2D eigenvalue weighted by atomic mass is 35.5. The van der Waals surface area contributed by atoms with Crippen molar-refractivity contribution in [3.05, 3.63) is 58.4 Å². The molecule has 0 aromatic carbocycles. The van der Waals surface area contributed by atoms with Gasteiger partial charge in [-0.25, -0.2) is 19.6 Å². The maximum absolute atomic E-state index is 12.9. The molecule has 1 aliphatic rings. The van der Waals surface area contributed by atoms with E-state index in [0.29, 0.717) is 30.2 Å². The van der Waals surface area contributed by atoms with E-state index >= 15 is 0 Å². The molecule has 0 spiro atoms. The Bertz CT molecular complexity index is 954. The van der Waals surface area contributed by atoms with E-state index < -0.39 is 0 Å². The van der Waals surface area contributed by atoms with Crippen LogP contribution in [0.15, 0.2) is 31.1 Å². The molecule has 4 rings (SSSR count). The average molecular weight is 392 g/mol. The zero-order chi connectivity index (χ0) is 18.3. The minimum absolute atomic E-state index is 0.182. The third kappa shape index (κ3) is 2.95. The number of aromatic nitrogens is 6. The van der Waals surface area contributed by atoms with Gasteiger partial charge in [0.15, 0.2) is 0 Å². The summed E-state index contributed by atoms with van der Waals surface area (Å²) in [5.41, 5.74) is 1.36.